The van der Waals surface area contributed by atoms with Gasteiger partial charge in [0.25, 0.3) is 5.69 Å². The number of hydrogen-bond donors (Lipinski definition) is 2. The molecule has 9 heteroatoms. The van der Waals surface area contributed by atoms with Crippen LogP contribution in [-0.4, -0.2) is 35.5 Å². The first kappa shape index (κ1) is 25.3. The molecule has 0 amide bonds. The van der Waals surface area contributed by atoms with Crippen LogP contribution in [0.5, 0.6) is 0 Å². The van der Waals surface area contributed by atoms with E-state index in [1.807, 2.05) is 6.92 Å². The Bertz CT molecular complexity index is 391. The van der Waals surface area contributed by atoms with Gasteiger partial charge in [0.2, 0.25) is 0 Å². The minimum absolute atomic E-state index is 0. The highest BCUT2D eigenvalue weighted by molar-refractivity contribution is 5.86. The Morgan fingerprint density at radius 1 is 1.24 bits per heavy atom. The van der Waals surface area contributed by atoms with Crippen molar-refractivity contribution in [3.05, 3.63) is 39.9 Å². The van der Waals surface area contributed by atoms with E-state index in [0.29, 0.717) is 13.1 Å². The van der Waals surface area contributed by atoms with Gasteiger partial charge in [0, 0.05) is 44.4 Å². The molecule has 4 N–H and O–H groups in total. The number of benzene rings is 1. The maximum Gasteiger partial charge on any atom is 0.269 e. The van der Waals surface area contributed by atoms with E-state index in [1.165, 1.54) is 12.1 Å². The maximum atomic E-state index is 10.5. The molecular formula is C12H23Cl3N4O2. The highest BCUT2D eigenvalue weighted by Gasteiger charge is 2.09. The summed E-state index contributed by atoms with van der Waals surface area (Å²) in [6.45, 7) is 4.74. The molecule has 124 valence electrons. The second kappa shape index (κ2) is 13.1. The van der Waals surface area contributed by atoms with E-state index in [2.05, 4.69) is 4.90 Å². The lowest BCUT2D eigenvalue weighted by Gasteiger charge is -2.23. The average molecular weight is 362 g/mol. The zero-order chi connectivity index (χ0) is 13.5. The molecule has 0 aliphatic rings. The molecule has 0 saturated heterocycles. The van der Waals surface area contributed by atoms with Gasteiger partial charge in [0.15, 0.2) is 0 Å². The number of non-ortho nitro benzene ring substituents is 1. The average Bonchev–Trinajstić information content (AvgIpc) is 2.29. The third-order valence-electron chi connectivity index (χ3n) is 2.54. The molecule has 0 saturated carbocycles. The first-order valence-electron chi connectivity index (χ1n) is 5.94. The molecule has 1 rings (SSSR count). The molecule has 0 aliphatic heterocycles. The van der Waals surface area contributed by atoms with Crippen molar-refractivity contribution >= 4 is 42.9 Å². The van der Waals surface area contributed by atoms with E-state index in [9.17, 15) is 10.1 Å². The zero-order valence-corrected chi connectivity index (χ0v) is 14.3. The minimum atomic E-state index is -0.399. The number of nitrogens with zero attached hydrogens (tertiary/aromatic N) is 2. The van der Waals surface area contributed by atoms with Crippen LogP contribution in [0.4, 0.5) is 5.69 Å². The number of nitrogens with two attached hydrogens (primary N) is 2. The third-order valence-corrected chi connectivity index (χ3v) is 2.54. The summed E-state index contributed by atoms with van der Waals surface area (Å²) in [5.74, 6) is 0. The van der Waals surface area contributed by atoms with E-state index < -0.39 is 4.92 Å². The van der Waals surface area contributed by atoms with Crippen molar-refractivity contribution in [1.29, 1.82) is 0 Å². The molecule has 21 heavy (non-hydrogen) atoms. The lowest BCUT2D eigenvalue weighted by atomic mass is 10.2. The van der Waals surface area contributed by atoms with Gasteiger partial charge in [-0.25, -0.2) is 0 Å². The summed E-state index contributed by atoms with van der Waals surface area (Å²) in [6, 6.07) is 6.64. The molecule has 1 aromatic rings. The van der Waals surface area contributed by atoms with Crippen LogP contribution in [0, 0.1) is 10.1 Å². The molecule has 6 nitrogen and oxygen atoms in total. The largest absolute Gasteiger partial charge is 0.329 e. The van der Waals surface area contributed by atoms with Gasteiger partial charge >= 0.3 is 0 Å². The summed E-state index contributed by atoms with van der Waals surface area (Å²) in [4.78, 5) is 12.3. The highest BCUT2D eigenvalue weighted by atomic mass is 35.5. The standard InChI is InChI=1S/C12H20N4O2.3ClH/c1-10(14)8-15(7-6-13)9-11-2-4-12(5-3-11)16(17)18;;;/h2-5,10H,6-9,13-14H2,1H3;3*1H. The predicted molar refractivity (Wildman–Crippen MR) is 92.8 cm³/mol. The number of nitro groups is 1. The van der Waals surface area contributed by atoms with Crippen LogP contribution in [0.2, 0.25) is 0 Å². The number of hydrogen-bond acceptors (Lipinski definition) is 5. The van der Waals surface area contributed by atoms with Gasteiger partial charge in [-0.2, -0.15) is 0 Å². The second-order valence-electron chi connectivity index (χ2n) is 4.42. The van der Waals surface area contributed by atoms with Crippen LogP contribution in [0.1, 0.15) is 12.5 Å². The molecular weight excluding hydrogens is 339 g/mol. The molecule has 0 heterocycles. The minimum Gasteiger partial charge on any atom is -0.329 e. The van der Waals surface area contributed by atoms with Crippen molar-refractivity contribution in [1.82, 2.24) is 4.90 Å². The SMILES string of the molecule is CC(N)CN(CCN)Cc1ccc([N+](=O)[O-])cc1.Cl.Cl.Cl. The Morgan fingerprint density at radius 3 is 2.14 bits per heavy atom. The molecule has 0 spiro atoms. The van der Waals surface area contributed by atoms with Gasteiger partial charge in [-0.1, -0.05) is 12.1 Å². The van der Waals surface area contributed by atoms with Crippen LogP contribution in [0.3, 0.4) is 0 Å². The Morgan fingerprint density at radius 2 is 1.76 bits per heavy atom. The summed E-state index contributed by atoms with van der Waals surface area (Å²) in [5, 5.41) is 10.5. The highest BCUT2D eigenvalue weighted by Crippen LogP contribution is 2.13. The van der Waals surface area contributed by atoms with E-state index in [4.69, 9.17) is 11.5 Å². The smallest absolute Gasteiger partial charge is 0.269 e. The fourth-order valence-corrected chi connectivity index (χ4v) is 1.81. The van der Waals surface area contributed by atoms with E-state index >= 15 is 0 Å². The van der Waals surface area contributed by atoms with Gasteiger partial charge in [-0.05, 0) is 12.5 Å². The molecule has 1 unspecified atom stereocenters. The van der Waals surface area contributed by atoms with E-state index in [0.717, 1.165) is 18.7 Å². The molecule has 0 fully saturated rings. The van der Waals surface area contributed by atoms with Crippen LogP contribution in [0.15, 0.2) is 24.3 Å². The third kappa shape index (κ3) is 9.84. The molecule has 1 atom stereocenters. The Balaban J connectivity index is -0.00000108. The fraction of sp³-hybridized carbons (Fsp3) is 0.500. The Hall–Kier alpha value is -0.630. The molecule has 0 radical (unpaired) electrons. The summed E-state index contributed by atoms with van der Waals surface area (Å²) in [7, 11) is 0. The van der Waals surface area contributed by atoms with Crippen molar-refractivity contribution in [2.24, 2.45) is 11.5 Å². The normalized spacial score (nSPS) is 10.9. The van der Waals surface area contributed by atoms with Crippen LogP contribution in [-0.2, 0) is 6.54 Å². The summed E-state index contributed by atoms with van der Waals surface area (Å²) < 4.78 is 0. The Kier molecular flexibility index (Phi) is 15.8. The van der Waals surface area contributed by atoms with Gasteiger partial charge < -0.3 is 11.5 Å². The monoisotopic (exact) mass is 360 g/mol. The van der Waals surface area contributed by atoms with E-state index in [-0.39, 0.29) is 49.0 Å². The summed E-state index contributed by atoms with van der Waals surface area (Å²) >= 11 is 0. The van der Waals surface area contributed by atoms with Gasteiger partial charge in [-0.3, -0.25) is 15.0 Å². The number of rotatable bonds is 7. The summed E-state index contributed by atoms with van der Waals surface area (Å²) in [6.07, 6.45) is 0. The topological polar surface area (TPSA) is 98.4 Å². The van der Waals surface area contributed by atoms with Crippen LogP contribution < -0.4 is 11.5 Å². The molecule has 0 aromatic heterocycles. The van der Waals surface area contributed by atoms with Crippen molar-refractivity contribution in [2.45, 2.75) is 19.5 Å². The number of nitro benzene ring substituents is 1. The van der Waals surface area contributed by atoms with Gasteiger partial charge in [0.05, 0.1) is 4.92 Å². The van der Waals surface area contributed by atoms with Crippen molar-refractivity contribution in [3.63, 3.8) is 0 Å². The first-order valence-corrected chi connectivity index (χ1v) is 5.94. The maximum absolute atomic E-state index is 10.5. The lowest BCUT2D eigenvalue weighted by Crippen LogP contribution is -2.38. The van der Waals surface area contributed by atoms with Gasteiger partial charge in [0.1, 0.15) is 0 Å². The quantitative estimate of drug-likeness (QED) is 0.571. The van der Waals surface area contributed by atoms with Gasteiger partial charge in [-0.15, -0.1) is 37.2 Å². The molecule has 1 aromatic carbocycles. The van der Waals surface area contributed by atoms with Crippen molar-refractivity contribution in [3.8, 4) is 0 Å². The first-order chi connectivity index (χ1) is 8.52. The van der Waals surface area contributed by atoms with E-state index in [1.54, 1.807) is 12.1 Å². The number of halogens is 3. The van der Waals surface area contributed by atoms with Crippen molar-refractivity contribution in [2.75, 3.05) is 19.6 Å². The zero-order valence-electron chi connectivity index (χ0n) is 11.8. The van der Waals surface area contributed by atoms with Crippen LogP contribution >= 0.6 is 37.2 Å². The van der Waals surface area contributed by atoms with Crippen molar-refractivity contribution < 1.29 is 4.92 Å². The van der Waals surface area contributed by atoms with Crippen LogP contribution in [0.25, 0.3) is 0 Å². The predicted octanol–water partition coefficient (Wildman–Crippen LogP) is 1.97. The second-order valence-corrected chi connectivity index (χ2v) is 4.42. The molecule has 0 bridgehead atoms. The molecule has 0 aliphatic carbocycles. The lowest BCUT2D eigenvalue weighted by molar-refractivity contribution is -0.384. The summed E-state index contributed by atoms with van der Waals surface area (Å²) in [5.41, 5.74) is 12.5. The fourth-order valence-electron chi connectivity index (χ4n) is 1.81. The Labute approximate surface area is 143 Å².